The minimum Gasteiger partial charge on any atom is -0.370 e. The smallest absolute Gasteiger partial charge is 0.251 e. The molecule has 4 nitrogen and oxygen atoms in total. The van der Waals surface area contributed by atoms with Crippen LogP contribution in [0.3, 0.4) is 0 Å². The predicted molar refractivity (Wildman–Crippen MR) is 110 cm³/mol. The third-order valence-corrected chi connectivity index (χ3v) is 4.36. The Kier molecular flexibility index (Phi) is 6.99. The van der Waals surface area contributed by atoms with Gasteiger partial charge in [0.15, 0.2) is 0 Å². The van der Waals surface area contributed by atoms with Crippen LogP contribution in [-0.2, 0) is 12.8 Å². The number of carbonyl (C=O) groups excluding carboxylic acids is 1. The van der Waals surface area contributed by atoms with E-state index in [0.29, 0.717) is 12.1 Å². The van der Waals surface area contributed by atoms with Crippen molar-refractivity contribution in [1.29, 1.82) is 0 Å². The Bertz CT molecular complexity index is 835. The number of aromatic nitrogens is 1. The Morgan fingerprint density at radius 1 is 0.815 bits per heavy atom. The summed E-state index contributed by atoms with van der Waals surface area (Å²) in [5, 5.41) is 6.27. The second kappa shape index (κ2) is 10.1. The maximum atomic E-state index is 12.3. The SMILES string of the molecule is O=C(NCCc1ccccc1)c1ccnc(NCCCc2ccccc2)c1. The summed E-state index contributed by atoms with van der Waals surface area (Å²) in [4.78, 5) is 16.6. The molecule has 2 N–H and O–H groups in total. The van der Waals surface area contributed by atoms with Crippen molar-refractivity contribution in [2.75, 3.05) is 18.4 Å². The van der Waals surface area contributed by atoms with E-state index in [2.05, 4.69) is 52.0 Å². The first kappa shape index (κ1) is 18.6. The van der Waals surface area contributed by atoms with E-state index in [-0.39, 0.29) is 5.91 Å². The molecule has 27 heavy (non-hydrogen) atoms. The zero-order valence-electron chi connectivity index (χ0n) is 15.4. The predicted octanol–water partition coefficient (Wildman–Crippen LogP) is 4.10. The minimum absolute atomic E-state index is 0.0688. The lowest BCUT2D eigenvalue weighted by atomic mass is 10.1. The van der Waals surface area contributed by atoms with Gasteiger partial charge >= 0.3 is 0 Å². The zero-order chi connectivity index (χ0) is 18.7. The van der Waals surface area contributed by atoms with Crippen molar-refractivity contribution in [1.82, 2.24) is 10.3 Å². The lowest BCUT2D eigenvalue weighted by Crippen LogP contribution is -2.25. The number of pyridine rings is 1. The molecule has 4 heteroatoms. The molecule has 0 aliphatic heterocycles. The van der Waals surface area contributed by atoms with Crippen LogP contribution < -0.4 is 10.6 Å². The molecule has 0 fully saturated rings. The van der Waals surface area contributed by atoms with Crippen molar-refractivity contribution < 1.29 is 4.79 Å². The number of amides is 1. The van der Waals surface area contributed by atoms with Gasteiger partial charge in [-0.2, -0.15) is 0 Å². The van der Waals surface area contributed by atoms with E-state index in [1.165, 1.54) is 11.1 Å². The van der Waals surface area contributed by atoms with Gasteiger partial charge in [0.2, 0.25) is 0 Å². The highest BCUT2D eigenvalue weighted by molar-refractivity contribution is 5.94. The van der Waals surface area contributed by atoms with Gasteiger partial charge in [0.25, 0.3) is 5.91 Å². The molecule has 2 aromatic carbocycles. The van der Waals surface area contributed by atoms with Gasteiger partial charge in [-0.1, -0.05) is 60.7 Å². The van der Waals surface area contributed by atoms with Gasteiger partial charge in [0.05, 0.1) is 0 Å². The summed E-state index contributed by atoms with van der Waals surface area (Å²) < 4.78 is 0. The van der Waals surface area contributed by atoms with Gasteiger partial charge in [0.1, 0.15) is 5.82 Å². The number of benzene rings is 2. The number of hydrogen-bond acceptors (Lipinski definition) is 3. The van der Waals surface area contributed by atoms with E-state index in [1.54, 1.807) is 18.3 Å². The van der Waals surface area contributed by atoms with E-state index in [4.69, 9.17) is 0 Å². The minimum atomic E-state index is -0.0688. The number of nitrogens with zero attached hydrogens (tertiary/aromatic N) is 1. The van der Waals surface area contributed by atoms with Gasteiger partial charge in [0, 0.05) is 24.8 Å². The largest absolute Gasteiger partial charge is 0.370 e. The number of nitrogens with one attached hydrogen (secondary N) is 2. The summed E-state index contributed by atoms with van der Waals surface area (Å²) >= 11 is 0. The van der Waals surface area contributed by atoms with Crippen molar-refractivity contribution >= 4 is 11.7 Å². The second-order valence-corrected chi connectivity index (χ2v) is 6.44. The molecule has 1 heterocycles. The molecule has 0 aliphatic rings. The monoisotopic (exact) mass is 359 g/mol. The maximum Gasteiger partial charge on any atom is 0.251 e. The lowest BCUT2D eigenvalue weighted by molar-refractivity contribution is 0.0954. The van der Waals surface area contributed by atoms with Crippen LogP contribution in [0.4, 0.5) is 5.82 Å². The van der Waals surface area contributed by atoms with Crippen LogP contribution >= 0.6 is 0 Å². The Balaban J connectivity index is 1.42. The highest BCUT2D eigenvalue weighted by Crippen LogP contribution is 2.08. The summed E-state index contributed by atoms with van der Waals surface area (Å²) in [5.74, 6) is 0.666. The number of anilines is 1. The van der Waals surface area contributed by atoms with Crippen LogP contribution in [0.1, 0.15) is 27.9 Å². The number of carbonyl (C=O) groups is 1. The van der Waals surface area contributed by atoms with E-state index in [9.17, 15) is 4.79 Å². The van der Waals surface area contributed by atoms with Crippen LogP contribution in [0.15, 0.2) is 79.0 Å². The second-order valence-electron chi connectivity index (χ2n) is 6.44. The first-order valence-electron chi connectivity index (χ1n) is 9.37. The van der Waals surface area contributed by atoms with Gasteiger partial charge in [-0.25, -0.2) is 4.98 Å². The molecule has 0 saturated heterocycles. The zero-order valence-corrected chi connectivity index (χ0v) is 15.4. The molecular formula is C23H25N3O. The summed E-state index contributed by atoms with van der Waals surface area (Å²) in [6.45, 7) is 1.44. The van der Waals surface area contributed by atoms with E-state index in [0.717, 1.165) is 31.6 Å². The molecule has 3 aromatic rings. The average Bonchev–Trinajstić information content (AvgIpc) is 2.73. The third kappa shape index (κ3) is 6.26. The Labute approximate surface area is 160 Å². The highest BCUT2D eigenvalue weighted by Gasteiger charge is 2.06. The summed E-state index contributed by atoms with van der Waals surface area (Å²) in [6, 6.07) is 24.1. The molecule has 0 atom stereocenters. The first-order valence-corrected chi connectivity index (χ1v) is 9.37. The van der Waals surface area contributed by atoms with Gasteiger partial charge in [-0.3, -0.25) is 4.79 Å². The number of aryl methyl sites for hydroxylation is 1. The van der Waals surface area contributed by atoms with Crippen molar-refractivity contribution in [3.8, 4) is 0 Å². The van der Waals surface area contributed by atoms with Crippen LogP contribution in [-0.4, -0.2) is 24.0 Å². The molecule has 0 unspecified atom stereocenters. The van der Waals surface area contributed by atoms with Crippen molar-refractivity contribution in [3.63, 3.8) is 0 Å². The number of rotatable bonds is 9. The van der Waals surface area contributed by atoms with Crippen molar-refractivity contribution in [2.45, 2.75) is 19.3 Å². The Hall–Kier alpha value is -3.14. The quantitative estimate of drug-likeness (QED) is 0.566. The molecule has 0 radical (unpaired) electrons. The molecule has 0 spiro atoms. The lowest BCUT2D eigenvalue weighted by Gasteiger charge is -2.09. The van der Waals surface area contributed by atoms with Crippen molar-refractivity contribution in [3.05, 3.63) is 95.7 Å². The standard InChI is InChI=1S/C23H25N3O/c27-23(26-16-13-20-10-5-2-6-11-20)21-14-17-25-22(18-21)24-15-7-12-19-8-3-1-4-9-19/h1-6,8-11,14,17-18H,7,12-13,15-16H2,(H,24,25)(H,26,27). The molecule has 3 rings (SSSR count). The molecule has 0 bridgehead atoms. The third-order valence-electron chi connectivity index (χ3n) is 4.36. The first-order chi connectivity index (χ1) is 13.3. The number of hydrogen-bond donors (Lipinski definition) is 2. The average molecular weight is 359 g/mol. The van der Waals surface area contributed by atoms with E-state index < -0.39 is 0 Å². The van der Waals surface area contributed by atoms with Gasteiger partial charge in [-0.05, 0) is 42.5 Å². The Morgan fingerprint density at radius 2 is 1.48 bits per heavy atom. The van der Waals surface area contributed by atoms with Crippen LogP contribution in [0, 0.1) is 0 Å². The van der Waals surface area contributed by atoms with Crippen LogP contribution in [0.25, 0.3) is 0 Å². The van der Waals surface area contributed by atoms with E-state index in [1.807, 2.05) is 24.3 Å². The topological polar surface area (TPSA) is 54.0 Å². The molecule has 0 saturated carbocycles. The van der Waals surface area contributed by atoms with Gasteiger partial charge in [-0.15, -0.1) is 0 Å². The fourth-order valence-corrected chi connectivity index (χ4v) is 2.89. The van der Waals surface area contributed by atoms with Crippen LogP contribution in [0.5, 0.6) is 0 Å². The molecular weight excluding hydrogens is 334 g/mol. The van der Waals surface area contributed by atoms with Gasteiger partial charge < -0.3 is 10.6 Å². The fourth-order valence-electron chi connectivity index (χ4n) is 2.89. The summed E-state index contributed by atoms with van der Waals surface area (Å²) in [6.07, 6.45) is 4.53. The normalized spacial score (nSPS) is 10.4. The molecule has 0 aliphatic carbocycles. The fraction of sp³-hybridized carbons (Fsp3) is 0.217. The molecule has 138 valence electrons. The molecule has 1 aromatic heterocycles. The molecule has 1 amide bonds. The van der Waals surface area contributed by atoms with Crippen molar-refractivity contribution in [2.24, 2.45) is 0 Å². The Morgan fingerprint density at radius 3 is 2.19 bits per heavy atom. The summed E-state index contributed by atoms with van der Waals surface area (Å²) in [7, 11) is 0. The van der Waals surface area contributed by atoms with Crippen LogP contribution in [0.2, 0.25) is 0 Å². The maximum absolute atomic E-state index is 12.3. The van der Waals surface area contributed by atoms with E-state index >= 15 is 0 Å². The highest BCUT2D eigenvalue weighted by atomic mass is 16.1. The summed E-state index contributed by atoms with van der Waals surface area (Å²) in [5.41, 5.74) is 3.18.